The maximum absolute atomic E-state index is 6.24. The average Bonchev–Trinajstić information content (AvgIpc) is 3.50. The molecule has 45 heavy (non-hydrogen) atoms. The smallest absolute Gasteiger partial charge is 0.170 e. The molecule has 0 aliphatic carbocycles. The first kappa shape index (κ1) is 25.5. The van der Waals surface area contributed by atoms with Crippen LogP contribution in [0.25, 0.3) is 54.6 Å². The lowest BCUT2D eigenvalue weighted by molar-refractivity contribution is 0.669. The summed E-state index contributed by atoms with van der Waals surface area (Å²) in [6.45, 7) is 0. The van der Waals surface area contributed by atoms with Crippen LogP contribution in [0.5, 0.6) is 0 Å². The third-order valence-electron chi connectivity index (χ3n) is 8.74. The number of hydrogen-bond acceptors (Lipinski definition) is 4. The Kier molecular flexibility index (Phi) is 5.85. The zero-order chi connectivity index (χ0) is 29.7. The summed E-state index contributed by atoms with van der Waals surface area (Å²) in [4.78, 5) is 10.4. The van der Waals surface area contributed by atoms with Crippen LogP contribution in [-0.2, 0) is 0 Å². The molecule has 4 heteroatoms. The SMILES string of the molecule is c1ccc(C2=NC(c3ccc(-c4cccc5oc6ccccc6c45)c4ccccc34)N=C(c3ccc4ccccc4c3)N2)cc1. The Labute approximate surface area is 260 Å². The standard InChI is InChI=1S/C41H27N3O/c1-2-12-27(13-3-1)39-42-40(29-22-21-26-11-4-5-14-28(26)25-29)44-41(43-39)34-24-23-32(30-15-6-7-16-31(30)34)33-18-10-20-37-38(33)35-17-8-9-19-36(35)45-37/h1-25,41H,(H,42,43,44). The molecule has 1 N–H and O–H groups in total. The molecule has 1 aliphatic heterocycles. The van der Waals surface area contributed by atoms with E-state index in [9.17, 15) is 0 Å². The van der Waals surface area contributed by atoms with E-state index >= 15 is 0 Å². The van der Waals surface area contributed by atoms with Crippen molar-refractivity contribution >= 4 is 55.2 Å². The zero-order valence-electron chi connectivity index (χ0n) is 24.3. The molecule has 4 nitrogen and oxygen atoms in total. The van der Waals surface area contributed by atoms with Crippen molar-refractivity contribution in [3.8, 4) is 11.1 Å². The minimum Gasteiger partial charge on any atom is -0.456 e. The Hall–Kier alpha value is -6.00. The van der Waals surface area contributed by atoms with Gasteiger partial charge in [0.05, 0.1) is 0 Å². The molecule has 7 aromatic carbocycles. The Morgan fingerprint density at radius 1 is 0.467 bits per heavy atom. The molecular weight excluding hydrogens is 550 g/mol. The van der Waals surface area contributed by atoms with E-state index in [1.807, 2.05) is 36.4 Å². The Bertz CT molecular complexity index is 2470. The molecule has 9 rings (SSSR count). The first-order valence-corrected chi connectivity index (χ1v) is 15.2. The molecule has 0 saturated heterocycles. The van der Waals surface area contributed by atoms with Crippen molar-refractivity contribution < 1.29 is 4.42 Å². The molecule has 1 atom stereocenters. The van der Waals surface area contributed by atoms with Crippen LogP contribution in [0.3, 0.4) is 0 Å². The van der Waals surface area contributed by atoms with E-state index in [0.717, 1.165) is 72.2 Å². The van der Waals surface area contributed by atoms with Crippen molar-refractivity contribution in [3.63, 3.8) is 0 Å². The van der Waals surface area contributed by atoms with Crippen LogP contribution in [0.15, 0.2) is 166 Å². The van der Waals surface area contributed by atoms with Gasteiger partial charge in [-0.25, -0.2) is 9.98 Å². The van der Waals surface area contributed by atoms with Gasteiger partial charge in [-0.1, -0.05) is 133 Å². The minimum atomic E-state index is -0.424. The number of nitrogens with one attached hydrogen (secondary N) is 1. The highest BCUT2D eigenvalue weighted by atomic mass is 16.3. The summed E-state index contributed by atoms with van der Waals surface area (Å²) < 4.78 is 6.24. The molecule has 1 aromatic heterocycles. The minimum absolute atomic E-state index is 0.424. The Morgan fingerprint density at radius 2 is 1.16 bits per heavy atom. The Balaban J connectivity index is 1.24. The van der Waals surface area contributed by atoms with Crippen LogP contribution in [-0.4, -0.2) is 11.7 Å². The summed E-state index contributed by atoms with van der Waals surface area (Å²) in [7, 11) is 0. The average molecular weight is 578 g/mol. The summed E-state index contributed by atoms with van der Waals surface area (Å²) in [5, 5.41) is 10.5. The summed E-state index contributed by atoms with van der Waals surface area (Å²) in [5.41, 5.74) is 7.21. The van der Waals surface area contributed by atoms with E-state index in [-0.39, 0.29) is 0 Å². The second-order valence-electron chi connectivity index (χ2n) is 11.4. The number of benzene rings is 7. The molecule has 2 heterocycles. The number of fused-ring (bicyclic) bond motifs is 5. The van der Waals surface area contributed by atoms with Gasteiger partial charge < -0.3 is 9.73 Å². The summed E-state index contributed by atoms with van der Waals surface area (Å²) in [6, 6.07) is 52.8. The van der Waals surface area contributed by atoms with Crippen molar-refractivity contribution in [3.05, 3.63) is 168 Å². The third-order valence-corrected chi connectivity index (χ3v) is 8.74. The molecule has 0 fully saturated rings. The lowest BCUT2D eigenvalue weighted by atomic mass is 9.91. The molecule has 0 bridgehead atoms. The lowest BCUT2D eigenvalue weighted by Crippen LogP contribution is -2.36. The van der Waals surface area contributed by atoms with Crippen LogP contribution >= 0.6 is 0 Å². The molecule has 212 valence electrons. The summed E-state index contributed by atoms with van der Waals surface area (Å²) >= 11 is 0. The second kappa shape index (κ2) is 10.3. The number of amidine groups is 2. The zero-order valence-corrected chi connectivity index (χ0v) is 24.3. The highest BCUT2D eigenvalue weighted by Crippen LogP contribution is 2.41. The van der Waals surface area contributed by atoms with Gasteiger partial charge in [-0.3, -0.25) is 0 Å². The van der Waals surface area contributed by atoms with Crippen LogP contribution in [0.1, 0.15) is 22.9 Å². The molecule has 0 saturated carbocycles. The molecule has 1 aliphatic rings. The van der Waals surface area contributed by atoms with Gasteiger partial charge in [0.25, 0.3) is 0 Å². The molecule has 0 amide bonds. The number of para-hydroxylation sites is 1. The van der Waals surface area contributed by atoms with Gasteiger partial charge >= 0.3 is 0 Å². The van der Waals surface area contributed by atoms with Crippen LogP contribution in [0, 0.1) is 0 Å². The Morgan fingerprint density at radius 3 is 2.02 bits per heavy atom. The lowest BCUT2D eigenvalue weighted by Gasteiger charge is -2.24. The van der Waals surface area contributed by atoms with Gasteiger partial charge in [0, 0.05) is 27.5 Å². The van der Waals surface area contributed by atoms with E-state index < -0.39 is 6.17 Å². The predicted octanol–water partition coefficient (Wildman–Crippen LogP) is 10.1. The molecule has 0 radical (unpaired) electrons. The van der Waals surface area contributed by atoms with Crippen LogP contribution in [0.2, 0.25) is 0 Å². The first-order chi connectivity index (χ1) is 22.3. The van der Waals surface area contributed by atoms with Gasteiger partial charge in [-0.05, 0) is 50.9 Å². The van der Waals surface area contributed by atoms with E-state index in [1.165, 1.54) is 10.8 Å². The summed E-state index contributed by atoms with van der Waals surface area (Å²) in [6.07, 6.45) is -0.424. The fourth-order valence-electron chi connectivity index (χ4n) is 6.60. The van der Waals surface area contributed by atoms with Crippen molar-refractivity contribution in [1.29, 1.82) is 0 Å². The van der Waals surface area contributed by atoms with Gasteiger partial charge in [0.2, 0.25) is 0 Å². The number of hydrogen-bond donors (Lipinski definition) is 1. The van der Waals surface area contributed by atoms with Gasteiger partial charge in [0.15, 0.2) is 6.17 Å². The molecule has 8 aromatic rings. The number of aliphatic imine (C=N–C) groups is 2. The number of nitrogens with zero attached hydrogens (tertiary/aromatic N) is 2. The summed E-state index contributed by atoms with van der Waals surface area (Å²) in [5.74, 6) is 1.61. The largest absolute Gasteiger partial charge is 0.456 e. The van der Waals surface area contributed by atoms with Gasteiger partial charge in [-0.2, -0.15) is 0 Å². The second-order valence-corrected chi connectivity index (χ2v) is 11.4. The quantitative estimate of drug-likeness (QED) is 0.226. The van der Waals surface area contributed by atoms with Gasteiger partial charge in [0.1, 0.15) is 22.8 Å². The fourth-order valence-corrected chi connectivity index (χ4v) is 6.60. The van der Waals surface area contributed by atoms with Crippen molar-refractivity contribution in [1.82, 2.24) is 5.32 Å². The molecule has 0 spiro atoms. The van der Waals surface area contributed by atoms with Crippen LogP contribution < -0.4 is 5.32 Å². The molecule has 1 unspecified atom stereocenters. The monoisotopic (exact) mass is 577 g/mol. The van der Waals surface area contributed by atoms with Crippen LogP contribution in [0.4, 0.5) is 0 Å². The highest BCUT2D eigenvalue weighted by Gasteiger charge is 2.23. The van der Waals surface area contributed by atoms with Crippen molar-refractivity contribution in [2.45, 2.75) is 6.17 Å². The number of furan rings is 1. The number of rotatable bonds is 4. The maximum Gasteiger partial charge on any atom is 0.170 e. The van der Waals surface area contributed by atoms with E-state index in [1.54, 1.807) is 0 Å². The fraction of sp³-hybridized carbons (Fsp3) is 0.0244. The van der Waals surface area contributed by atoms with E-state index in [0.29, 0.717) is 0 Å². The van der Waals surface area contributed by atoms with Crippen molar-refractivity contribution in [2.75, 3.05) is 0 Å². The molecular formula is C41H27N3O. The maximum atomic E-state index is 6.24. The first-order valence-electron chi connectivity index (χ1n) is 15.2. The van der Waals surface area contributed by atoms with Crippen molar-refractivity contribution in [2.24, 2.45) is 9.98 Å². The highest BCUT2D eigenvalue weighted by molar-refractivity contribution is 6.18. The van der Waals surface area contributed by atoms with E-state index in [4.69, 9.17) is 14.4 Å². The topological polar surface area (TPSA) is 49.9 Å². The van der Waals surface area contributed by atoms with E-state index in [2.05, 4.69) is 121 Å². The van der Waals surface area contributed by atoms with Gasteiger partial charge in [-0.15, -0.1) is 0 Å². The normalized spacial score (nSPS) is 14.9. The predicted molar refractivity (Wildman–Crippen MR) is 186 cm³/mol. The third kappa shape index (κ3) is 4.30.